The lowest BCUT2D eigenvalue weighted by Gasteiger charge is -2.09. The van der Waals surface area contributed by atoms with Crippen LogP contribution in [0.15, 0.2) is 34.1 Å². The van der Waals surface area contributed by atoms with Crippen LogP contribution in [0, 0.1) is 12.7 Å². The van der Waals surface area contributed by atoms with Crippen molar-refractivity contribution in [2.75, 3.05) is 5.32 Å². The van der Waals surface area contributed by atoms with Gasteiger partial charge in [0.25, 0.3) is 5.56 Å². The van der Waals surface area contributed by atoms with Crippen LogP contribution in [0.25, 0.3) is 16.9 Å². The second kappa shape index (κ2) is 8.17. The summed E-state index contributed by atoms with van der Waals surface area (Å²) in [5.41, 5.74) is 0.216. The minimum Gasteiger partial charge on any atom is -0.326 e. The zero-order valence-corrected chi connectivity index (χ0v) is 17.6. The summed E-state index contributed by atoms with van der Waals surface area (Å²) < 4.78 is 19.4. The molecule has 12 nitrogen and oxygen atoms in total. The van der Waals surface area contributed by atoms with Crippen LogP contribution in [0.3, 0.4) is 0 Å². The van der Waals surface area contributed by atoms with Crippen LogP contribution in [-0.2, 0) is 25.4 Å². The monoisotopic (exact) mass is 441 g/mol. The molecule has 0 saturated heterocycles. The molecule has 3 aromatic heterocycles. The Morgan fingerprint density at radius 2 is 1.97 bits per heavy atom. The molecule has 1 amide bonds. The average molecular weight is 441 g/mol. The molecule has 0 radical (unpaired) electrons. The van der Waals surface area contributed by atoms with E-state index in [9.17, 15) is 18.8 Å². The molecule has 0 atom stereocenters. The number of benzene rings is 1. The van der Waals surface area contributed by atoms with Crippen LogP contribution in [0.2, 0.25) is 0 Å². The summed E-state index contributed by atoms with van der Waals surface area (Å²) in [4.78, 5) is 41.0. The van der Waals surface area contributed by atoms with Crippen molar-refractivity contribution in [2.45, 2.75) is 26.3 Å². The minimum atomic E-state index is -0.527. The number of imidazole rings is 1. The van der Waals surface area contributed by atoms with Gasteiger partial charge in [-0.05, 0) is 42.0 Å². The number of aryl methyl sites for hydroxylation is 3. The maximum Gasteiger partial charge on any atom is 0.332 e. The van der Waals surface area contributed by atoms with Gasteiger partial charge in [0, 0.05) is 32.7 Å². The fourth-order valence-corrected chi connectivity index (χ4v) is 3.41. The van der Waals surface area contributed by atoms with Gasteiger partial charge in [0.2, 0.25) is 5.91 Å². The number of anilines is 1. The first-order valence-electron chi connectivity index (χ1n) is 9.73. The molecule has 4 aromatic rings. The summed E-state index contributed by atoms with van der Waals surface area (Å²) in [6.07, 6.45) is 2.05. The number of hydrogen-bond acceptors (Lipinski definition) is 7. The van der Waals surface area contributed by atoms with Crippen molar-refractivity contribution in [3.05, 3.63) is 57.0 Å². The lowest BCUT2D eigenvalue weighted by atomic mass is 10.2. The zero-order valence-electron chi connectivity index (χ0n) is 17.6. The first-order valence-corrected chi connectivity index (χ1v) is 9.73. The number of aromatic nitrogens is 8. The molecule has 1 N–H and O–H groups in total. The van der Waals surface area contributed by atoms with Gasteiger partial charge in [0.1, 0.15) is 11.5 Å². The van der Waals surface area contributed by atoms with Crippen LogP contribution in [-0.4, -0.2) is 44.8 Å². The fraction of sp³-hybridized carbons (Fsp3) is 0.316. The first-order chi connectivity index (χ1) is 15.3. The molecular formula is C19H20FN9O3. The van der Waals surface area contributed by atoms with Crippen molar-refractivity contribution in [3.8, 4) is 5.69 Å². The van der Waals surface area contributed by atoms with Gasteiger partial charge in [-0.1, -0.05) is 0 Å². The second-order valence-electron chi connectivity index (χ2n) is 7.27. The van der Waals surface area contributed by atoms with Crippen molar-refractivity contribution in [1.82, 2.24) is 38.9 Å². The number of carbonyl (C=O) groups is 1. The maximum atomic E-state index is 14.2. The Morgan fingerprint density at radius 3 is 2.69 bits per heavy atom. The van der Waals surface area contributed by atoms with Gasteiger partial charge in [0.05, 0.1) is 6.33 Å². The summed E-state index contributed by atoms with van der Waals surface area (Å²) in [5.74, 6) is -0.398. The molecule has 0 aliphatic heterocycles. The lowest BCUT2D eigenvalue weighted by Crippen LogP contribution is -2.37. The number of fused-ring (bicyclic) bond motifs is 1. The molecular weight excluding hydrogens is 421 g/mol. The molecule has 0 aliphatic rings. The van der Waals surface area contributed by atoms with Gasteiger partial charge in [-0.15, -0.1) is 5.10 Å². The van der Waals surface area contributed by atoms with Gasteiger partial charge in [-0.25, -0.2) is 14.2 Å². The van der Waals surface area contributed by atoms with Gasteiger partial charge >= 0.3 is 5.69 Å². The number of nitrogens with one attached hydrogen (secondary N) is 1. The standard InChI is InChI=1S/C19H20FN9O3/c1-11-23-24-25-29(11)14-9-12(6-7-13(14)20)22-15(30)5-4-8-28-10-21-17-16(28)18(31)27(3)19(32)26(17)2/h6-7,9-10H,4-5,8H2,1-3H3,(H,22,30). The largest absolute Gasteiger partial charge is 0.332 e. The van der Waals surface area contributed by atoms with E-state index in [1.54, 1.807) is 18.5 Å². The summed E-state index contributed by atoms with van der Waals surface area (Å²) in [7, 11) is 2.95. The van der Waals surface area contributed by atoms with E-state index in [2.05, 4.69) is 25.8 Å². The van der Waals surface area contributed by atoms with E-state index in [0.29, 0.717) is 35.6 Å². The van der Waals surface area contributed by atoms with Crippen LogP contribution < -0.4 is 16.6 Å². The Balaban J connectivity index is 1.44. The number of rotatable bonds is 6. The molecule has 3 heterocycles. The Morgan fingerprint density at radius 1 is 1.19 bits per heavy atom. The number of nitrogens with zero attached hydrogens (tertiary/aromatic N) is 8. The molecule has 32 heavy (non-hydrogen) atoms. The van der Waals surface area contributed by atoms with E-state index in [0.717, 1.165) is 4.57 Å². The van der Waals surface area contributed by atoms with Crippen LogP contribution in [0.5, 0.6) is 0 Å². The second-order valence-corrected chi connectivity index (χ2v) is 7.27. The topological polar surface area (TPSA) is 135 Å². The van der Waals surface area contributed by atoms with E-state index in [4.69, 9.17) is 0 Å². The predicted molar refractivity (Wildman–Crippen MR) is 112 cm³/mol. The third-order valence-corrected chi connectivity index (χ3v) is 5.10. The maximum absolute atomic E-state index is 14.2. The number of amides is 1. The van der Waals surface area contributed by atoms with Crippen LogP contribution in [0.1, 0.15) is 18.7 Å². The zero-order chi connectivity index (χ0) is 23.0. The normalized spacial score (nSPS) is 11.2. The van der Waals surface area contributed by atoms with E-state index in [1.165, 1.54) is 40.8 Å². The highest BCUT2D eigenvalue weighted by Crippen LogP contribution is 2.19. The number of halogens is 1. The smallest absolute Gasteiger partial charge is 0.326 e. The van der Waals surface area contributed by atoms with E-state index in [1.807, 2.05) is 0 Å². The Kier molecular flexibility index (Phi) is 5.38. The molecule has 1 aromatic carbocycles. The number of carbonyl (C=O) groups excluding carboxylic acids is 1. The number of hydrogen-bond donors (Lipinski definition) is 1. The van der Waals surface area contributed by atoms with Crippen molar-refractivity contribution < 1.29 is 9.18 Å². The average Bonchev–Trinajstić information content (AvgIpc) is 3.38. The Bertz CT molecular complexity index is 1450. The molecule has 0 fully saturated rings. The number of tetrazole rings is 1. The van der Waals surface area contributed by atoms with E-state index < -0.39 is 17.1 Å². The van der Waals surface area contributed by atoms with Gasteiger partial charge in [0.15, 0.2) is 17.0 Å². The molecule has 13 heteroatoms. The van der Waals surface area contributed by atoms with Gasteiger partial charge < -0.3 is 9.88 Å². The van der Waals surface area contributed by atoms with Crippen molar-refractivity contribution >= 4 is 22.8 Å². The van der Waals surface area contributed by atoms with Crippen LogP contribution >= 0.6 is 0 Å². The molecule has 0 bridgehead atoms. The summed E-state index contributed by atoms with van der Waals surface area (Å²) in [6.45, 7) is 1.99. The molecule has 166 valence electrons. The fourth-order valence-electron chi connectivity index (χ4n) is 3.41. The highest BCUT2D eigenvalue weighted by Gasteiger charge is 2.15. The minimum absolute atomic E-state index is 0.122. The first kappa shape index (κ1) is 21.1. The third kappa shape index (κ3) is 3.68. The van der Waals surface area contributed by atoms with E-state index >= 15 is 0 Å². The third-order valence-electron chi connectivity index (χ3n) is 5.10. The van der Waals surface area contributed by atoms with Crippen molar-refractivity contribution in [2.24, 2.45) is 14.1 Å². The SMILES string of the molecule is Cc1nnnn1-c1cc(NC(=O)CCCn2cnc3c2c(=O)n(C)c(=O)n3C)ccc1F. The van der Waals surface area contributed by atoms with Gasteiger partial charge in [-0.3, -0.25) is 18.7 Å². The molecule has 0 aliphatic carbocycles. The summed E-state index contributed by atoms with van der Waals surface area (Å²) in [6, 6.07) is 4.12. The van der Waals surface area contributed by atoms with E-state index in [-0.39, 0.29) is 18.0 Å². The molecule has 0 saturated carbocycles. The van der Waals surface area contributed by atoms with Crippen molar-refractivity contribution in [3.63, 3.8) is 0 Å². The lowest BCUT2D eigenvalue weighted by molar-refractivity contribution is -0.116. The quantitative estimate of drug-likeness (QED) is 0.454. The summed E-state index contributed by atoms with van der Waals surface area (Å²) in [5, 5.41) is 13.7. The predicted octanol–water partition coefficient (Wildman–Crippen LogP) is 0.276. The van der Waals surface area contributed by atoms with Crippen molar-refractivity contribution in [1.29, 1.82) is 0 Å². The highest BCUT2D eigenvalue weighted by atomic mass is 19.1. The van der Waals surface area contributed by atoms with Gasteiger partial charge in [-0.2, -0.15) is 4.68 Å². The molecule has 0 spiro atoms. The highest BCUT2D eigenvalue weighted by molar-refractivity contribution is 5.91. The molecule has 4 rings (SSSR count). The summed E-state index contributed by atoms with van der Waals surface area (Å²) >= 11 is 0. The van der Waals surface area contributed by atoms with Crippen LogP contribution in [0.4, 0.5) is 10.1 Å². The Labute approximate surface area is 179 Å². The molecule has 0 unspecified atom stereocenters. The Hall–Kier alpha value is -4.16.